The SMILES string of the molecule is C=CCN1C(=O)C2(OC(C#N)=C(C#N)C3CCCCC32)c2c(Br)cccc21. The van der Waals surface area contributed by atoms with E-state index in [1.54, 1.807) is 11.0 Å². The molecule has 1 saturated carbocycles. The molecule has 1 fully saturated rings. The van der Waals surface area contributed by atoms with Gasteiger partial charge in [-0.25, -0.2) is 0 Å². The standard InChI is InChI=1S/C21H18BrN3O2/c1-2-10-25-17-9-5-8-16(22)19(17)21(20(25)26)15-7-4-3-6-13(15)14(11-23)18(12-24)27-21/h2,5,8-9,13,15H,1,3-4,6-7,10H2. The number of ether oxygens (including phenoxy) is 1. The van der Waals surface area contributed by atoms with Crippen LogP contribution in [0.25, 0.3) is 0 Å². The van der Waals surface area contributed by atoms with E-state index in [4.69, 9.17) is 4.74 Å². The van der Waals surface area contributed by atoms with Crippen molar-refractivity contribution in [2.24, 2.45) is 11.8 Å². The van der Waals surface area contributed by atoms with Crippen molar-refractivity contribution in [1.29, 1.82) is 10.5 Å². The molecule has 1 aromatic rings. The quantitative estimate of drug-likeness (QED) is 0.663. The van der Waals surface area contributed by atoms with E-state index >= 15 is 0 Å². The summed E-state index contributed by atoms with van der Waals surface area (Å²) < 4.78 is 6.97. The Kier molecular flexibility index (Phi) is 4.32. The van der Waals surface area contributed by atoms with Crippen LogP contribution in [0.1, 0.15) is 31.2 Å². The highest BCUT2D eigenvalue weighted by molar-refractivity contribution is 9.10. The first-order valence-corrected chi connectivity index (χ1v) is 9.84. The van der Waals surface area contributed by atoms with Crippen LogP contribution in [0.2, 0.25) is 0 Å². The van der Waals surface area contributed by atoms with E-state index in [0.29, 0.717) is 12.1 Å². The van der Waals surface area contributed by atoms with Gasteiger partial charge in [-0.05, 0) is 25.0 Å². The van der Waals surface area contributed by atoms with Gasteiger partial charge < -0.3 is 9.64 Å². The number of amides is 1. The van der Waals surface area contributed by atoms with Crippen molar-refractivity contribution in [3.63, 3.8) is 0 Å². The molecule has 0 N–H and O–H groups in total. The highest BCUT2D eigenvalue weighted by atomic mass is 79.9. The number of anilines is 1. The second-order valence-corrected chi connectivity index (χ2v) is 7.99. The third-order valence-electron chi connectivity index (χ3n) is 5.92. The molecule has 4 rings (SSSR count). The van der Waals surface area contributed by atoms with Crippen molar-refractivity contribution in [1.82, 2.24) is 0 Å². The van der Waals surface area contributed by atoms with Gasteiger partial charge in [0.1, 0.15) is 6.07 Å². The van der Waals surface area contributed by atoms with Crippen molar-refractivity contribution in [3.8, 4) is 12.1 Å². The van der Waals surface area contributed by atoms with Crippen LogP contribution in [0.3, 0.4) is 0 Å². The molecule has 1 amide bonds. The number of carbonyl (C=O) groups is 1. The topological polar surface area (TPSA) is 77.1 Å². The van der Waals surface area contributed by atoms with E-state index < -0.39 is 5.60 Å². The Morgan fingerprint density at radius 1 is 1.33 bits per heavy atom. The average Bonchev–Trinajstić information content (AvgIpc) is 2.92. The normalized spacial score (nSPS) is 28.9. The average molecular weight is 424 g/mol. The number of hydrogen-bond donors (Lipinski definition) is 0. The maximum Gasteiger partial charge on any atom is 0.276 e. The molecule has 2 aliphatic heterocycles. The minimum Gasteiger partial charge on any atom is -0.461 e. The molecular formula is C21H18BrN3O2. The van der Waals surface area contributed by atoms with Crippen LogP contribution in [0.5, 0.6) is 0 Å². The lowest BCUT2D eigenvalue weighted by Crippen LogP contribution is -2.53. The number of halogens is 1. The van der Waals surface area contributed by atoms with Gasteiger partial charge in [-0.2, -0.15) is 10.5 Å². The number of nitrogens with zero attached hydrogens (tertiary/aromatic N) is 3. The molecule has 2 heterocycles. The van der Waals surface area contributed by atoms with Gasteiger partial charge in [0.2, 0.25) is 11.4 Å². The minimum atomic E-state index is -1.27. The zero-order valence-electron chi connectivity index (χ0n) is 14.7. The molecule has 136 valence electrons. The third-order valence-corrected chi connectivity index (χ3v) is 6.58. The summed E-state index contributed by atoms with van der Waals surface area (Å²) in [6.45, 7) is 4.14. The molecule has 1 aromatic carbocycles. The van der Waals surface area contributed by atoms with E-state index in [-0.39, 0.29) is 23.5 Å². The molecule has 27 heavy (non-hydrogen) atoms. The second kappa shape index (κ2) is 6.55. The molecule has 6 heteroatoms. The number of rotatable bonds is 2. The predicted molar refractivity (Wildman–Crippen MR) is 103 cm³/mol. The van der Waals surface area contributed by atoms with Crippen LogP contribution < -0.4 is 4.90 Å². The van der Waals surface area contributed by atoms with Gasteiger partial charge in [0.05, 0.1) is 17.3 Å². The Morgan fingerprint density at radius 2 is 2.11 bits per heavy atom. The fourth-order valence-electron chi connectivity index (χ4n) is 4.91. The van der Waals surface area contributed by atoms with E-state index in [9.17, 15) is 15.3 Å². The fraction of sp³-hybridized carbons (Fsp3) is 0.381. The molecule has 0 saturated heterocycles. The maximum absolute atomic E-state index is 13.7. The van der Waals surface area contributed by atoms with Gasteiger partial charge >= 0.3 is 0 Å². The molecule has 3 unspecified atom stereocenters. The lowest BCUT2D eigenvalue weighted by molar-refractivity contribution is -0.153. The lowest BCUT2D eigenvalue weighted by Gasteiger charge is -2.46. The Hall–Kier alpha value is -2.57. The first-order chi connectivity index (χ1) is 13.1. The van der Waals surface area contributed by atoms with Crippen LogP contribution in [-0.4, -0.2) is 12.5 Å². The lowest BCUT2D eigenvalue weighted by atomic mass is 9.64. The summed E-state index contributed by atoms with van der Waals surface area (Å²) in [6.07, 6.45) is 5.21. The van der Waals surface area contributed by atoms with E-state index in [1.165, 1.54) is 0 Å². The molecule has 0 radical (unpaired) electrons. The van der Waals surface area contributed by atoms with Crippen LogP contribution in [0, 0.1) is 34.5 Å². The maximum atomic E-state index is 13.7. The fourth-order valence-corrected chi connectivity index (χ4v) is 5.56. The molecule has 0 aromatic heterocycles. The van der Waals surface area contributed by atoms with Crippen LogP contribution >= 0.6 is 15.9 Å². The number of benzene rings is 1. The van der Waals surface area contributed by atoms with Crippen molar-refractivity contribution in [2.75, 3.05) is 11.4 Å². The number of carbonyl (C=O) groups excluding carboxylic acids is 1. The second-order valence-electron chi connectivity index (χ2n) is 7.14. The van der Waals surface area contributed by atoms with Gasteiger partial charge in [-0.1, -0.05) is 40.9 Å². The van der Waals surface area contributed by atoms with E-state index in [0.717, 1.165) is 41.4 Å². The zero-order chi connectivity index (χ0) is 19.2. The Balaban J connectivity index is 2.01. The largest absolute Gasteiger partial charge is 0.461 e. The summed E-state index contributed by atoms with van der Waals surface area (Å²) in [5.41, 5.74) is 0.653. The smallest absolute Gasteiger partial charge is 0.276 e. The molecule has 5 nitrogen and oxygen atoms in total. The Labute approximate surface area is 166 Å². The predicted octanol–water partition coefficient (Wildman–Crippen LogP) is 4.31. The molecule has 0 bridgehead atoms. The van der Waals surface area contributed by atoms with Gasteiger partial charge in [0, 0.05) is 28.4 Å². The molecule has 1 aliphatic carbocycles. The van der Waals surface area contributed by atoms with Crippen LogP contribution in [0.4, 0.5) is 5.69 Å². The summed E-state index contributed by atoms with van der Waals surface area (Å²) in [4.78, 5) is 15.4. The summed E-state index contributed by atoms with van der Waals surface area (Å²) in [7, 11) is 0. The van der Waals surface area contributed by atoms with Crippen molar-refractivity contribution >= 4 is 27.5 Å². The monoisotopic (exact) mass is 423 g/mol. The highest BCUT2D eigenvalue weighted by Gasteiger charge is 2.63. The number of allylic oxidation sites excluding steroid dienone is 2. The Bertz CT molecular complexity index is 955. The van der Waals surface area contributed by atoms with Gasteiger partial charge in [0.25, 0.3) is 5.91 Å². The van der Waals surface area contributed by atoms with E-state index in [1.807, 2.05) is 24.3 Å². The minimum absolute atomic E-state index is 0.0174. The van der Waals surface area contributed by atoms with Crippen molar-refractivity contribution < 1.29 is 9.53 Å². The molecular weight excluding hydrogens is 406 g/mol. The third kappa shape index (κ3) is 2.30. The zero-order valence-corrected chi connectivity index (χ0v) is 16.3. The van der Waals surface area contributed by atoms with Gasteiger partial charge in [-0.15, -0.1) is 6.58 Å². The van der Waals surface area contributed by atoms with E-state index in [2.05, 4.69) is 28.6 Å². The molecule has 1 spiro atoms. The molecule has 3 atom stereocenters. The first-order valence-electron chi connectivity index (χ1n) is 9.05. The van der Waals surface area contributed by atoms with Gasteiger partial charge in [0.15, 0.2) is 0 Å². The summed E-state index contributed by atoms with van der Waals surface area (Å²) in [5, 5.41) is 19.3. The number of hydrogen-bond acceptors (Lipinski definition) is 4. The first kappa shape index (κ1) is 17.8. The number of nitriles is 2. The molecule has 3 aliphatic rings. The van der Waals surface area contributed by atoms with Crippen molar-refractivity contribution in [2.45, 2.75) is 31.3 Å². The van der Waals surface area contributed by atoms with Gasteiger partial charge in [-0.3, -0.25) is 4.79 Å². The number of fused-ring (bicyclic) bond motifs is 4. The van der Waals surface area contributed by atoms with Crippen molar-refractivity contribution in [3.05, 3.63) is 52.2 Å². The summed E-state index contributed by atoms with van der Waals surface area (Å²) in [5.74, 6) is -0.500. The summed E-state index contributed by atoms with van der Waals surface area (Å²) in [6, 6.07) is 9.89. The Morgan fingerprint density at radius 3 is 2.81 bits per heavy atom. The van der Waals surface area contributed by atoms with Crippen LogP contribution in [0.15, 0.2) is 46.7 Å². The summed E-state index contributed by atoms with van der Waals surface area (Å²) >= 11 is 3.61. The van der Waals surface area contributed by atoms with Crippen LogP contribution in [-0.2, 0) is 15.1 Å². The highest BCUT2D eigenvalue weighted by Crippen LogP contribution is 2.59.